The summed E-state index contributed by atoms with van der Waals surface area (Å²) >= 11 is 0. The Hall–Kier alpha value is -3.00. The minimum absolute atomic E-state index is 0.0604. The first-order chi connectivity index (χ1) is 19.5. The van der Waals surface area contributed by atoms with Crippen molar-refractivity contribution in [2.45, 2.75) is 113 Å². The van der Waals surface area contributed by atoms with Crippen molar-refractivity contribution < 1.29 is 28.2 Å². The van der Waals surface area contributed by atoms with E-state index < -0.39 is 23.0 Å². The molecule has 0 bridgehead atoms. The first-order valence-corrected chi connectivity index (χ1v) is 15.1. The molecule has 1 spiro atoms. The fourth-order valence-corrected chi connectivity index (χ4v) is 7.02. The number of hydrogen-bond donors (Lipinski definition) is 3. The van der Waals surface area contributed by atoms with Crippen molar-refractivity contribution in [2.75, 3.05) is 6.54 Å². The van der Waals surface area contributed by atoms with Crippen LogP contribution in [-0.2, 0) is 15.0 Å². The van der Waals surface area contributed by atoms with Crippen LogP contribution in [0.15, 0.2) is 36.4 Å². The highest BCUT2D eigenvalue weighted by atomic mass is 19.1. The number of nitrogens with one attached hydrogen (secondary N) is 2. The largest absolute Gasteiger partial charge is 0.490 e. The molecule has 2 aromatic rings. The van der Waals surface area contributed by atoms with Crippen LogP contribution in [0.3, 0.4) is 0 Å². The highest BCUT2D eigenvalue weighted by Crippen LogP contribution is 2.47. The van der Waals surface area contributed by atoms with Gasteiger partial charge in [0.1, 0.15) is 17.7 Å². The normalized spacial score (nSPS) is 27.3. The van der Waals surface area contributed by atoms with E-state index in [1.54, 1.807) is 32.0 Å². The molecule has 3 aliphatic carbocycles. The van der Waals surface area contributed by atoms with E-state index in [1.165, 1.54) is 6.07 Å². The predicted molar refractivity (Wildman–Crippen MR) is 152 cm³/mol. The average molecular weight is 567 g/mol. The molecule has 3 saturated carbocycles. The van der Waals surface area contributed by atoms with E-state index in [-0.39, 0.29) is 42.4 Å². The van der Waals surface area contributed by atoms with Crippen molar-refractivity contribution in [1.82, 2.24) is 10.6 Å². The van der Waals surface area contributed by atoms with Crippen molar-refractivity contribution in [3.63, 3.8) is 0 Å². The molecule has 0 aromatic heterocycles. The molecule has 1 amide bonds. The summed E-state index contributed by atoms with van der Waals surface area (Å²) in [4.78, 5) is 25.0. The van der Waals surface area contributed by atoms with E-state index >= 15 is 8.78 Å². The van der Waals surface area contributed by atoms with E-state index in [0.717, 1.165) is 44.1 Å². The highest BCUT2D eigenvalue weighted by molar-refractivity contribution is 5.86. The second-order valence-electron chi connectivity index (χ2n) is 13.3. The van der Waals surface area contributed by atoms with E-state index in [9.17, 15) is 14.7 Å². The third-order valence-electron chi connectivity index (χ3n) is 10.2. The zero-order chi connectivity index (χ0) is 29.0. The molecule has 6 nitrogen and oxygen atoms in total. The number of amides is 1. The Bertz CT molecular complexity index is 1350. The number of carbonyl (C=O) groups excluding carboxylic acids is 1. The van der Waals surface area contributed by atoms with Gasteiger partial charge in [-0.15, -0.1) is 0 Å². The summed E-state index contributed by atoms with van der Waals surface area (Å²) in [5.74, 6) is -1.05. The van der Waals surface area contributed by atoms with Gasteiger partial charge >= 0.3 is 5.97 Å². The van der Waals surface area contributed by atoms with Crippen LogP contribution < -0.4 is 15.4 Å². The van der Waals surface area contributed by atoms with Gasteiger partial charge in [-0.1, -0.05) is 24.6 Å². The predicted octanol–water partition coefficient (Wildman–Crippen LogP) is 6.16. The van der Waals surface area contributed by atoms with Gasteiger partial charge in [0.2, 0.25) is 5.67 Å². The number of carboxylic acid groups (broad SMARTS) is 1. The van der Waals surface area contributed by atoms with Crippen molar-refractivity contribution in [3.05, 3.63) is 53.3 Å². The van der Waals surface area contributed by atoms with Gasteiger partial charge in [-0.2, -0.15) is 0 Å². The molecule has 4 aliphatic rings. The summed E-state index contributed by atoms with van der Waals surface area (Å²) < 4.78 is 37.3. The van der Waals surface area contributed by atoms with Gasteiger partial charge in [0.15, 0.2) is 0 Å². The third-order valence-corrected chi connectivity index (χ3v) is 10.2. The smallest absolute Gasteiger partial charge is 0.313 e. The van der Waals surface area contributed by atoms with Crippen LogP contribution in [0.4, 0.5) is 8.78 Å². The Balaban J connectivity index is 1.23. The quantitative estimate of drug-likeness (QED) is 0.356. The molecule has 3 N–H and O–H groups in total. The van der Waals surface area contributed by atoms with Crippen LogP contribution in [-0.4, -0.2) is 46.9 Å². The Morgan fingerprint density at radius 1 is 1.07 bits per heavy atom. The topological polar surface area (TPSA) is 87.7 Å². The second kappa shape index (κ2) is 10.4. The maximum atomic E-state index is 15.5. The number of halogens is 2. The number of aliphatic carboxylic acids is 1. The molecule has 3 atom stereocenters. The Labute approximate surface area is 240 Å². The summed E-state index contributed by atoms with van der Waals surface area (Å²) in [6.45, 7) is 3.37. The third kappa shape index (κ3) is 5.13. The van der Waals surface area contributed by atoms with Crippen molar-refractivity contribution in [3.8, 4) is 16.9 Å². The molecule has 6 rings (SSSR count). The number of rotatable bonds is 8. The molecule has 41 heavy (non-hydrogen) atoms. The first kappa shape index (κ1) is 28.1. The maximum Gasteiger partial charge on any atom is 0.313 e. The molecule has 0 radical (unpaired) electrons. The number of alkyl halides is 1. The van der Waals surface area contributed by atoms with Gasteiger partial charge in [-0.25, -0.2) is 8.78 Å². The van der Waals surface area contributed by atoms with E-state index in [4.69, 9.17) is 4.74 Å². The summed E-state index contributed by atoms with van der Waals surface area (Å²) in [5, 5.41) is 16.1. The van der Waals surface area contributed by atoms with Crippen molar-refractivity contribution in [2.24, 2.45) is 0 Å². The van der Waals surface area contributed by atoms with Crippen LogP contribution in [0.2, 0.25) is 0 Å². The summed E-state index contributed by atoms with van der Waals surface area (Å²) in [5.41, 5.74) is -0.557. The van der Waals surface area contributed by atoms with Gasteiger partial charge < -0.3 is 20.5 Å². The zero-order valence-electron chi connectivity index (χ0n) is 23.9. The first-order valence-electron chi connectivity index (χ1n) is 15.1. The summed E-state index contributed by atoms with van der Waals surface area (Å²) in [6, 6.07) is 10.2. The zero-order valence-corrected chi connectivity index (χ0v) is 23.9. The van der Waals surface area contributed by atoms with E-state index in [1.807, 2.05) is 12.1 Å². The lowest BCUT2D eigenvalue weighted by molar-refractivity contribution is -0.142. The summed E-state index contributed by atoms with van der Waals surface area (Å²) in [6.07, 6.45) is 7.73. The van der Waals surface area contributed by atoms with E-state index in [0.29, 0.717) is 41.7 Å². The molecule has 1 heterocycles. The van der Waals surface area contributed by atoms with Crippen LogP contribution >= 0.6 is 0 Å². The molecule has 220 valence electrons. The minimum Gasteiger partial charge on any atom is -0.490 e. The average Bonchev–Trinajstić information content (AvgIpc) is 3.49. The lowest BCUT2D eigenvalue weighted by Crippen LogP contribution is -2.49. The highest BCUT2D eigenvalue weighted by Gasteiger charge is 2.55. The lowest BCUT2D eigenvalue weighted by Gasteiger charge is -2.38. The number of benzene rings is 2. The summed E-state index contributed by atoms with van der Waals surface area (Å²) in [7, 11) is 0. The Kier molecular flexibility index (Phi) is 7.12. The van der Waals surface area contributed by atoms with Crippen molar-refractivity contribution in [1.29, 1.82) is 0 Å². The van der Waals surface area contributed by atoms with Gasteiger partial charge in [0.25, 0.3) is 5.91 Å². The molecule has 1 aliphatic heterocycles. The van der Waals surface area contributed by atoms with Crippen LogP contribution in [0.1, 0.15) is 95.1 Å². The number of carbonyl (C=O) groups is 2. The van der Waals surface area contributed by atoms with Gasteiger partial charge in [-0.3, -0.25) is 9.59 Å². The van der Waals surface area contributed by atoms with E-state index in [2.05, 4.69) is 10.6 Å². The molecule has 4 fully saturated rings. The maximum absolute atomic E-state index is 15.5. The lowest BCUT2D eigenvalue weighted by atomic mass is 9.74. The van der Waals surface area contributed by atoms with Gasteiger partial charge in [-0.05, 0) is 99.6 Å². The van der Waals surface area contributed by atoms with Crippen LogP contribution in [0.5, 0.6) is 5.75 Å². The number of hydrogen-bond acceptors (Lipinski definition) is 4. The molecule has 2 aromatic carbocycles. The molecule has 1 saturated heterocycles. The second-order valence-corrected chi connectivity index (χ2v) is 13.3. The molecule has 0 unspecified atom stereocenters. The molecular formula is C33H40F2N2O4. The van der Waals surface area contributed by atoms with Crippen LogP contribution in [0.25, 0.3) is 11.1 Å². The van der Waals surface area contributed by atoms with Gasteiger partial charge in [0, 0.05) is 36.5 Å². The Morgan fingerprint density at radius 2 is 1.85 bits per heavy atom. The Morgan fingerprint density at radius 3 is 2.49 bits per heavy atom. The van der Waals surface area contributed by atoms with Gasteiger partial charge in [0.05, 0.1) is 5.41 Å². The minimum atomic E-state index is -1.88. The number of carboxylic acids is 1. The standard InChI is InChI=1S/C33H40F2N2O4/c1-31(2,30(39)40)21-10-13-27(25(16-21)24-8-4-9-26(34)28(24)20-6-3-7-20)41-23-12-11-22(17-23)37-29(38)33(35)18-32(36-19-33)14-5-15-32/h4,8-10,13,16,20,22-23,36H,3,5-7,11-12,14-15,17-19H2,1-2H3,(H,37,38)(H,39,40)/t22-,23-,33+/m1/s1. The number of ether oxygens (including phenoxy) is 1. The van der Waals surface area contributed by atoms with Crippen molar-refractivity contribution >= 4 is 11.9 Å². The SMILES string of the molecule is CC(C)(C(=O)O)c1ccc(O[C@@H]2CC[C@@H](NC(=O)[C@@]3(F)CNC4(CCC4)C3)C2)c(-c2cccc(F)c2C2CCC2)c1. The monoisotopic (exact) mass is 566 g/mol. The molecular weight excluding hydrogens is 526 g/mol. The molecule has 8 heteroatoms. The fraction of sp³-hybridized carbons (Fsp3) is 0.576. The van der Waals surface area contributed by atoms with Crippen LogP contribution in [0, 0.1) is 5.82 Å². The fourth-order valence-electron chi connectivity index (χ4n) is 7.02.